The molecule has 0 aliphatic rings. The van der Waals surface area contributed by atoms with E-state index in [1.165, 1.54) is 9.75 Å². The van der Waals surface area contributed by atoms with Gasteiger partial charge >= 0.3 is 0 Å². The second-order valence-corrected chi connectivity index (χ2v) is 6.00. The number of methoxy groups -OCH3 is 1. The van der Waals surface area contributed by atoms with Gasteiger partial charge in [-0.15, -0.1) is 11.3 Å². The largest absolute Gasteiger partial charge is 0.491 e. The summed E-state index contributed by atoms with van der Waals surface area (Å²) >= 11 is 1.83. The molecule has 0 aliphatic carbocycles. The van der Waals surface area contributed by atoms with E-state index in [4.69, 9.17) is 9.47 Å². The van der Waals surface area contributed by atoms with E-state index in [1.807, 2.05) is 29.5 Å². The first-order valence-corrected chi connectivity index (χ1v) is 7.55. The third-order valence-corrected chi connectivity index (χ3v) is 4.14. The van der Waals surface area contributed by atoms with Crippen LogP contribution in [-0.2, 0) is 4.74 Å². The van der Waals surface area contributed by atoms with Crippen molar-refractivity contribution in [2.24, 2.45) is 0 Å². The van der Waals surface area contributed by atoms with Gasteiger partial charge in [-0.2, -0.15) is 0 Å². The molecule has 2 aromatic rings. The van der Waals surface area contributed by atoms with Crippen LogP contribution >= 0.6 is 11.3 Å². The summed E-state index contributed by atoms with van der Waals surface area (Å²) in [6.07, 6.45) is 0. The number of anilines is 1. The molecule has 4 heteroatoms. The van der Waals surface area contributed by atoms with Gasteiger partial charge in [-0.25, -0.2) is 0 Å². The first-order chi connectivity index (χ1) is 9.69. The Hall–Kier alpha value is -1.52. The summed E-state index contributed by atoms with van der Waals surface area (Å²) in [5.74, 6) is 0.863. The quantitative estimate of drug-likeness (QED) is 0.773. The average Bonchev–Trinajstić information content (AvgIpc) is 2.86. The van der Waals surface area contributed by atoms with E-state index in [9.17, 15) is 0 Å². The van der Waals surface area contributed by atoms with Crippen LogP contribution in [0.25, 0.3) is 0 Å². The number of ether oxygens (including phenoxy) is 2. The Bertz CT molecular complexity index is 539. The average molecular weight is 291 g/mol. The molecule has 0 bridgehead atoms. The molecule has 20 heavy (non-hydrogen) atoms. The van der Waals surface area contributed by atoms with Gasteiger partial charge in [0.2, 0.25) is 0 Å². The zero-order chi connectivity index (χ0) is 14.4. The molecule has 1 heterocycles. The normalized spacial score (nSPS) is 12.2. The van der Waals surface area contributed by atoms with Crippen molar-refractivity contribution >= 4 is 17.0 Å². The van der Waals surface area contributed by atoms with E-state index >= 15 is 0 Å². The molecule has 1 unspecified atom stereocenters. The number of hydrogen-bond donors (Lipinski definition) is 1. The fourth-order valence-electron chi connectivity index (χ4n) is 1.93. The lowest BCUT2D eigenvalue weighted by Crippen LogP contribution is -2.06. The van der Waals surface area contributed by atoms with Crippen LogP contribution in [0, 0.1) is 6.92 Å². The number of hydrogen-bond acceptors (Lipinski definition) is 4. The smallest absolute Gasteiger partial charge is 0.121 e. The molecule has 0 amide bonds. The predicted octanol–water partition coefficient (Wildman–Crippen LogP) is 4.25. The lowest BCUT2D eigenvalue weighted by atomic mass is 10.2. The maximum absolute atomic E-state index is 5.62. The Morgan fingerprint density at radius 1 is 1.20 bits per heavy atom. The summed E-state index contributed by atoms with van der Waals surface area (Å²) < 4.78 is 10.6. The second-order valence-electron chi connectivity index (χ2n) is 4.68. The van der Waals surface area contributed by atoms with Crippen LogP contribution in [0.5, 0.6) is 5.75 Å². The van der Waals surface area contributed by atoms with Gasteiger partial charge in [-0.1, -0.05) is 6.07 Å². The molecule has 0 radical (unpaired) electrons. The minimum atomic E-state index is 0.294. The number of rotatable bonds is 7. The Kier molecular flexibility index (Phi) is 5.44. The molecule has 0 aliphatic heterocycles. The Morgan fingerprint density at radius 2 is 2.05 bits per heavy atom. The van der Waals surface area contributed by atoms with E-state index < -0.39 is 0 Å². The first kappa shape index (κ1) is 14.9. The van der Waals surface area contributed by atoms with Crippen LogP contribution < -0.4 is 10.1 Å². The third kappa shape index (κ3) is 4.25. The second kappa shape index (κ2) is 7.31. The monoisotopic (exact) mass is 291 g/mol. The summed E-state index contributed by atoms with van der Waals surface area (Å²) in [5.41, 5.74) is 1.07. The highest BCUT2D eigenvalue weighted by atomic mass is 32.1. The molecule has 3 nitrogen and oxygen atoms in total. The van der Waals surface area contributed by atoms with Gasteiger partial charge in [-0.05, 0) is 38.1 Å². The molecule has 0 saturated heterocycles. The molecule has 1 N–H and O–H groups in total. The van der Waals surface area contributed by atoms with Crippen LogP contribution in [-0.4, -0.2) is 20.3 Å². The predicted molar refractivity (Wildman–Crippen MR) is 84.9 cm³/mol. The van der Waals surface area contributed by atoms with Gasteiger partial charge in [0.05, 0.1) is 12.6 Å². The van der Waals surface area contributed by atoms with Gasteiger partial charge in [0.15, 0.2) is 0 Å². The van der Waals surface area contributed by atoms with Gasteiger partial charge < -0.3 is 14.8 Å². The van der Waals surface area contributed by atoms with Crippen molar-refractivity contribution in [2.75, 3.05) is 25.6 Å². The third-order valence-electron chi connectivity index (χ3n) is 2.96. The van der Waals surface area contributed by atoms with Crippen molar-refractivity contribution in [1.29, 1.82) is 0 Å². The summed E-state index contributed by atoms with van der Waals surface area (Å²) in [5, 5.41) is 3.50. The van der Waals surface area contributed by atoms with Gasteiger partial charge in [-0.3, -0.25) is 0 Å². The maximum atomic E-state index is 5.62. The van der Waals surface area contributed by atoms with Crippen LogP contribution in [0.3, 0.4) is 0 Å². The molecule has 108 valence electrons. The highest BCUT2D eigenvalue weighted by Gasteiger charge is 2.07. The van der Waals surface area contributed by atoms with Crippen molar-refractivity contribution in [1.82, 2.24) is 0 Å². The Balaban J connectivity index is 1.96. The number of aryl methyl sites for hydroxylation is 1. The first-order valence-electron chi connectivity index (χ1n) is 6.73. The zero-order valence-corrected chi connectivity index (χ0v) is 13.0. The highest BCUT2D eigenvalue weighted by Crippen LogP contribution is 2.27. The zero-order valence-electron chi connectivity index (χ0n) is 12.2. The minimum Gasteiger partial charge on any atom is -0.491 e. The molecular formula is C16H21NO2S. The molecule has 1 aromatic carbocycles. The standard InChI is InChI=1S/C16H21NO2S/c1-12-7-8-16(20-12)13(2)17-14-5-4-6-15(11-14)19-10-9-18-3/h4-8,11,13,17H,9-10H2,1-3H3. The van der Waals surface area contributed by atoms with Crippen molar-refractivity contribution in [3.05, 3.63) is 46.2 Å². The fraction of sp³-hybridized carbons (Fsp3) is 0.375. The van der Waals surface area contributed by atoms with Crippen molar-refractivity contribution in [2.45, 2.75) is 19.9 Å². The molecule has 1 atom stereocenters. The molecule has 1 aromatic heterocycles. The molecule has 0 saturated carbocycles. The summed E-state index contributed by atoms with van der Waals surface area (Å²) in [6.45, 7) is 5.47. The highest BCUT2D eigenvalue weighted by molar-refractivity contribution is 7.12. The Morgan fingerprint density at radius 3 is 2.75 bits per heavy atom. The van der Waals surface area contributed by atoms with Crippen molar-refractivity contribution in [3.63, 3.8) is 0 Å². The van der Waals surface area contributed by atoms with Crippen molar-refractivity contribution in [3.8, 4) is 5.75 Å². The summed E-state index contributed by atoms with van der Waals surface area (Å²) in [4.78, 5) is 2.68. The van der Waals surface area contributed by atoms with Gasteiger partial charge in [0.1, 0.15) is 12.4 Å². The van der Waals surface area contributed by atoms with E-state index in [-0.39, 0.29) is 0 Å². The fourth-order valence-corrected chi connectivity index (χ4v) is 2.81. The Labute approximate surface area is 124 Å². The summed E-state index contributed by atoms with van der Waals surface area (Å²) in [6, 6.07) is 12.7. The number of nitrogens with one attached hydrogen (secondary N) is 1. The minimum absolute atomic E-state index is 0.294. The van der Waals surface area contributed by atoms with E-state index in [2.05, 4.69) is 37.4 Å². The molecule has 0 fully saturated rings. The number of benzene rings is 1. The topological polar surface area (TPSA) is 30.5 Å². The summed E-state index contributed by atoms with van der Waals surface area (Å²) in [7, 11) is 1.67. The number of thiophene rings is 1. The van der Waals surface area contributed by atoms with Gasteiger partial charge in [0, 0.05) is 28.6 Å². The molecular weight excluding hydrogens is 270 g/mol. The van der Waals surface area contributed by atoms with Crippen molar-refractivity contribution < 1.29 is 9.47 Å². The lowest BCUT2D eigenvalue weighted by molar-refractivity contribution is 0.146. The van der Waals surface area contributed by atoms with E-state index in [0.29, 0.717) is 19.3 Å². The lowest BCUT2D eigenvalue weighted by Gasteiger charge is -2.15. The van der Waals surface area contributed by atoms with Crippen LogP contribution in [0.4, 0.5) is 5.69 Å². The molecule has 2 rings (SSSR count). The molecule has 0 spiro atoms. The van der Waals surface area contributed by atoms with E-state index in [0.717, 1.165) is 11.4 Å². The van der Waals surface area contributed by atoms with E-state index in [1.54, 1.807) is 7.11 Å². The maximum Gasteiger partial charge on any atom is 0.121 e. The van der Waals surface area contributed by atoms with Crippen LogP contribution in [0.15, 0.2) is 36.4 Å². The van der Waals surface area contributed by atoms with Crippen LogP contribution in [0.2, 0.25) is 0 Å². The van der Waals surface area contributed by atoms with Crippen LogP contribution in [0.1, 0.15) is 22.7 Å². The van der Waals surface area contributed by atoms with Gasteiger partial charge in [0.25, 0.3) is 0 Å². The SMILES string of the molecule is COCCOc1cccc(NC(C)c2ccc(C)s2)c1.